The van der Waals surface area contributed by atoms with Gasteiger partial charge in [-0.3, -0.25) is 0 Å². The third-order valence-electron chi connectivity index (χ3n) is 2.77. The van der Waals surface area contributed by atoms with Gasteiger partial charge in [0.05, 0.1) is 0 Å². The molecule has 0 aliphatic heterocycles. The Morgan fingerprint density at radius 2 is 1.89 bits per heavy atom. The van der Waals surface area contributed by atoms with Gasteiger partial charge in [-0.15, -0.1) is 0 Å². The van der Waals surface area contributed by atoms with Crippen LogP contribution >= 0.6 is 11.8 Å². The maximum absolute atomic E-state index is 10.2. The summed E-state index contributed by atoms with van der Waals surface area (Å²) < 4.78 is 0. The van der Waals surface area contributed by atoms with Gasteiger partial charge in [0.25, 0.3) is 0 Å². The van der Waals surface area contributed by atoms with E-state index in [1.54, 1.807) is 0 Å². The molecular formula is C15H25NOS. The Hall–Kier alpha value is -0.670. The molecule has 0 aromatic heterocycles. The van der Waals surface area contributed by atoms with Crippen LogP contribution in [0.5, 0.6) is 5.75 Å². The molecule has 0 amide bonds. The number of thioether (sulfide) groups is 1. The maximum Gasteiger partial charge on any atom is 0.123 e. The lowest BCUT2D eigenvalue weighted by Gasteiger charge is -2.13. The van der Waals surface area contributed by atoms with Gasteiger partial charge in [-0.05, 0) is 50.4 Å². The number of phenols is 1. The Balaban J connectivity index is 2.50. The molecule has 1 aromatic rings. The summed E-state index contributed by atoms with van der Waals surface area (Å²) in [5, 5.41) is 10.2. The smallest absolute Gasteiger partial charge is 0.123 e. The molecule has 0 saturated carbocycles. The van der Waals surface area contributed by atoms with Crippen LogP contribution in [-0.2, 0) is 13.0 Å². The van der Waals surface area contributed by atoms with Crippen LogP contribution in [0.2, 0.25) is 0 Å². The molecule has 1 rings (SSSR count). The van der Waals surface area contributed by atoms with Crippen molar-refractivity contribution in [1.82, 2.24) is 4.90 Å². The molecule has 0 bridgehead atoms. The molecule has 0 saturated heterocycles. The van der Waals surface area contributed by atoms with Gasteiger partial charge in [-0.2, -0.15) is 11.8 Å². The third-order valence-corrected chi connectivity index (χ3v) is 4.05. The fourth-order valence-corrected chi connectivity index (χ4v) is 2.77. The summed E-state index contributed by atoms with van der Waals surface area (Å²) in [7, 11) is 4.04. The molecule has 0 heterocycles. The second-order valence-electron chi connectivity index (χ2n) is 4.88. The molecule has 0 aliphatic rings. The summed E-state index contributed by atoms with van der Waals surface area (Å²) in [5.74, 6) is 2.92. The quantitative estimate of drug-likeness (QED) is 0.729. The van der Waals surface area contributed by atoms with Crippen molar-refractivity contribution >= 4 is 11.8 Å². The van der Waals surface area contributed by atoms with Crippen LogP contribution < -0.4 is 0 Å². The van der Waals surface area contributed by atoms with Crippen LogP contribution in [0.15, 0.2) is 18.2 Å². The molecule has 102 valence electrons. The van der Waals surface area contributed by atoms with Gasteiger partial charge in [0.15, 0.2) is 0 Å². The Kier molecular flexibility index (Phi) is 7.21. The largest absolute Gasteiger partial charge is 0.507 e. The highest BCUT2D eigenvalue weighted by Gasteiger charge is 2.07. The van der Waals surface area contributed by atoms with E-state index in [4.69, 9.17) is 0 Å². The molecular weight excluding hydrogens is 242 g/mol. The molecule has 2 nitrogen and oxygen atoms in total. The molecule has 0 fully saturated rings. The standard InChI is InChI=1S/C15H25NOS/c1-4-10-18-11-6-9-13-7-5-8-14(15(13)17)12-16(2)3/h5,7-8,17H,4,6,9-12H2,1-3H3. The third kappa shape index (κ3) is 5.32. The molecule has 3 heteroatoms. The number of phenolic OH excluding ortho intramolecular Hbond substituents is 1. The summed E-state index contributed by atoms with van der Waals surface area (Å²) in [6.07, 6.45) is 3.36. The second kappa shape index (κ2) is 8.44. The van der Waals surface area contributed by atoms with Crippen molar-refractivity contribution in [3.8, 4) is 5.75 Å². The zero-order valence-electron chi connectivity index (χ0n) is 11.8. The molecule has 0 aliphatic carbocycles. The van der Waals surface area contributed by atoms with E-state index in [1.165, 1.54) is 17.9 Å². The summed E-state index contributed by atoms with van der Waals surface area (Å²) in [6.45, 7) is 3.01. The molecule has 1 N–H and O–H groups in total. The molecule has 0 unspecified atom stereocenters. The Morgan fingerprint density at radius 3 is 2.56 bits per heavy atom. The number of hydrogen-bond acceptors (Lipinski definition) is 3. The fraction of sp³-hybridized carbons (Fsp3) is 0.600. The van der Waals surface area contributed by atoms with E-state index in [1.807, 2.05) is 44.1 Å². The van der Waals surface area contributed by atoms with Gasteiger partial charge < -0.3 is 10.0 Å². The predicted octanol–water partition coefficient (Wildman–Crippen LogP) is 3.53. The Labute approximate surface area is 115 Å². The minimum Gasteiger partial charge on any atom is -0.507 e. The highest BCUT2D eigenvalue weighted by Crippen LogP contribution is 2.25. The maximum atomic E-state index is 10.2. The van der Waals surface area contributed by atoms with Crippen LogP contribution in [0, 0.1) is 0 Å². The summed E-state index contributed by atoms with van der Waals surface area (Å²) in [6, 6.07) is 6.09. The number of hydrogen-bond donors (Lipinski definition) is 1. The van der Waals surface area contributed by atoms with Gasteiger partial charge in [-0.1, -0.05) is 25.1 Å². The average molecular weight is 267 g/mol. The van der Waals surface area contributed by atoms with E-state index in [2.05, 4.69) is 11.8 Å². The van der Waals surface area contributed by atoms with Crippen LogP contribution in [0.3, 0.4) is 0 Å². The minimum absolute atomic E-state index is 0.492. The first kappa shape index (κ1) is 15.4. The van der Waals surface area contributed by atoms with E-state index >= 15 is 0 Å². The van der Waals surface area contributed by atoms with Gasteiger partial charge >= 0.3 is 0 Å². The number of benzene rings is 1. The van der Waals surface area contributed by atoms with E-state index < -0.39 is 0 Å². The van der Waals surface area contributed by atoms with Gasteiger partial charge in [0.2, 0.25) is 0 Å². The highest BCUT2D eigenvalue weighted by molar-refractivity contribution is 7.99. The van der Waals surface area contributed by atoms with Gasteiger partial charge in [0, 0.05) is 12.1 Å². The Bertz CT molecular complexity index is 352. The lowest BCUT2D eigenvalue weighted by molar-refractivity contribution is 0.384. The monoisotopic (exact) mass is 267 g/mol. The van der Waals surface area contributed by atoms with E-state index in [0.717, 1.165) is 30.5 Å². The zero-order valence-corrected chi connectivity index (χ0v) is 12.6. The molecule has 0 spiro atoms. The first-order chi connectivity index (χ1) is 8.65. The topological polar surface area (TPSA) is 23.5 Å². The normalized spacial score (nSPS) is 11.1. The number of aromatic hydroxyl groups is 1. The van der Waals surface area contributed by atoms with Gasteiger partial charge in [0.1, 0.15) is 5.75 Å². The number of para-hydroxylation sites is 1. The van der Waals surface area contributed by atoms with Crippen molar-refractivity contribution in [3.63, 3.8) is 0 Å². The van der Waals surface area contributed by atoms with E-state index in [-0.39, 0.29) is 0 Å². The SMILES string of the molecule is CCCSCCCc1cccc(CN(C)C)c1O. The fourth-order valence-electron chi connectivity index (χ4n) is 1.93. The first-order valence-corrected chi connectivity index (χ1v) is 7.82. The van der Waals surface area contributed by atoms with Crippen molar-refractivity contribution in [2.45, 2.75) is 32.7 Å². The van der Waals surface area contributed by atoms with Crippen molar-refractivity contribution in [1.29, 1.82) is 0 Å². The van der Waals surface area contributed by atoms with Crippen molar-refractivity contribution in [2.24, 2.45) is 0 Å². The van der Waals surface area contributed by atoms with Crippen molar-refractivity contribution in [2.75, 3.05) is 25.6 Å². The second-order valence-corrected chi connectivity index (χ2v) is 6.10. The van der Waals surface area contributed by atoms with Crippen LogP contribution in [0.1, 0.15) is 30.9 Å². The van der Waals surface area contributed by atoms with Gasteiger partial charge in [-0.25, -0.2) is 0 Å². The zero-order chi connectivity index (χ0) is 13.4. The predicted molar refractivity (Wildman–Crippen MR) is 81.4 cm³/mol. The minimum atomic E-state index is 0.492. The average Bonchev–Trinajstić information content (AvgIpc) is 2.33. The molecule has 1 aromatic carbocycles. The van der Waals surface area contributed by atoms with Crippen LogP contribution in [0.25, 0.3) is 0 Å². The molecule has 0 radical (unpaired) electrons. The Morgan fingerprint density at radius 1 is 1.17 bits per heavy atom. The van der Waals surface area contributed by atoms with E-state index in [9.17, 15) is 5.11 Å². The van der Waals surface area contributed by atoms with Crippen LogP contribution in [-0.4, -0.2) is 35.6 Å². The van der Waals surface area contributed by atoms with Crippen LogP contribution in [0.4, 0.5) is 0 Å². The van der Waals surface area contributed by atoms with Crippen molar-refractivity contribution < 1.29 is 5.11 Å². The summed E-state index contributed by atoms with van der Waals surface area (Å²) >= 11 is 2.00. The van der Waals surface area contributed by atoms with Crippen molar-refractivity contribution in [3.05, 3.63) is 29.3 Å². The van der Waals surface area contributed by atoms with E-state index in [0.29, 0.717) is 5.75 Å². The molecule has 18 heavy (non-hydrogen) atoms. The molecule has 0 atom stereocenters. The number of nitrogens with zero attached hydrogens (tertiary/aromatic N) is 1. The summed E-state index contributed by atoms with van der Waals surface area (Å²) in [4.78, 5) is 2.08. The summed E-state index contributed by atoms with van der Waals surface area (Å²) in [5.41, 5.74) is 2.12. The lowest BCUT2D eigenvalue weighted by atomic mass is 10.0. The first-order valence-electron chi connectivity index (χ1n) is 6.67. The number of aryl methyl sites for hydroxylation is 1. The highest BCUT2D eigenvalue weighted by atomic mass is 32.2. The lowest BCUT2D eigenvalue weighted by Crippen LogP contribution is -2.11. The number of rotatable bonds is 8.